The van der Waals surface area contributed by atoms with Crippen LogP contribution in [0.15, 0.2) is 12.2 Å². The second-order valence-electron chi connectivity index (χ2n) is 4.82. The molecule has 1 amide bonds. The fourth-order valence-electron chi connectivity index (χ4n) is 2.21. The molecule has 1 heterocycles. The maximum Gasteiger partial charge on any atom is 0.242 e. The zero-order valence-electron chi connectivity index (χ0n) is 9.58. The highest BCUT2D eigenvalue weighted by molar-refractivity contribution is 5.86. The minimum absolute atomic E-state index is 0.0560. The number of rotatable bonds is 3. The molecule has 2 atom stereocenters. The van der Waals surface area contributed by atoms with Gasteiger partial charge in [0, 0.05) is 13.2 Å². The first-order valence-corrected chi connectivity index (χ1v) is 6.01. The molecule has 2 rings (SSSR count). The van der Waals surface area contributed by atoms with Crippen molar-refractivity contribution in [2.75, 3.05) is 19.8 Å². The van der Waals surface area contributed by atoms with Crippen molar-refractivity contribution in [3.63, 3.8) is 0 Å². The molecule has 0 aromatic carbocycles. The van der Waals surface area contributed by atoms with Crippen LogP contribution >= 0.6 is 0 Å². The van der Waals surface area contributed by atoms with E-state index in [-0.39, 0.29) is 5.91 Å². The highest BCUT2D eigenvalue weighted by atomic mass is 16.5. The van der Waals surface area contributed by atoms with Crippen LogP contribution in [-0.4, -0.2) is 31.2 Å². The van der Waals surface area contributed by atoms with Crippen LogP contribution in [0.3, 0.4) is 0 Å². The number of amides is 1. The van der Waals surface area contributed by atoms with Crippen LogP contribution in [0.1, 0.15) is 25.7 Å². The van der Waals surface area contributed by atoms with Crippen LogP contribution < -0.4 is 11.1 Å². The van der Waals surface area contributed by atoms with Gasteiger partial charge in [0.1, 0.15) is 5.54 Å². The van der Waals surface area contributed by atoms with Crippen molar-refractivity contribution >= 4 is 5.91 Å². The fourth-order valence-corrected chi connectivity index (χ4v) is 2.21. The molecule has 0 radical (unpaired) electrons. The monoisotopic (exact) mass is 224 g/mol. The molecular formula is C12H20N2O2. The predicted octanol–water partition coefficient (Wildman–Crippen LogP) is 0.577. The van der Waals surface area contributed by atoms with Crippen LogP contribution in [0.25, 0.3) is 0 Å². The van der Waals surface area contributed by atoms with Gasteiger partial charge in [-0.2, -0.15) is 0 Å². The summed E-state index contributed by atoms with van der Waals surface area (Å²) in [4.78, 5) is 11.9. The number of nitrogens with one attached hydrogen (secondary N) is 1. The molecule has 0 saturated carbocycles. The predicted molar refractivity (Wildman–Crippen MR) is 61.8 cm³/mol. The third kappa shape index (κ3) is 2.62. The molecule has 4 heteroatoms. The summed E-state index contributed by atoms with van der Waals surface area (Å²) >= 11 is 0. The Balaban J connectivity index is 1.76. The molecule has 2 unspecified atom stereocenters. The van der Waals surface area contributed by atoms with Crippen LogP contribution in [0, 0.1) is 5.92 Å². The Hall–Kier alpha value is -0.870. The van der Waals surface area contributed by atoms with Gasteiger partial charge < -0.3 is 15.8 Å². The standard InChI is InChI=1S/C12H20N2O2/c13-12(6-7-16-9-12)11(15)14-8-10-4-2-1-3-5-10/h1-2,10H,3-9,13H2,(H,14,15). The average Bonchev–Trinajstić information content (AvgIpc) is 2.76. The van der Waals surface area contributed by atoms with Crippen molar-refractivity contribution in [2.24, 2.45) is 11.7 Å². The van der Waals surface area contributed by atoms with E-state index in [1.54, 1.807) is 0 Å². The van der Waals surface area contributed by atoms with Crippen molar-refractivity contribution in [3.05, 3.63) is 12.2 Å². The topological polar surface area (TPSA) is 64.4 Å². The third-order valence-electron chi connectivity index (χ3n) is 3.43. The Morgan fingerprint density at radius 2 is 2.44 bits per heavy atom. The van der Waals surface area contributed by atoms with E-state index in [1.165, 1.54) is 0 Å². The summed E-state index contributed by atoms with van der Waals surface area (Å²) in [5.74, 6) is 0.513. The van der Waals surface area contributed by atoms with Crippen molar-refractivity contribution in [3.8, 4) is 0 Å². The molecule has 1 aliphatic carbocycles. The number of hydrogen-bond acceptors (Lipinski definition) is 3. The van der Waals surface area contributed by atoms with Gasteiger partial charge in [0.25, 0.3) is 0 Å². The van der Waals surface area contributed by atoms with E-state index in [0.717, 1.165) is 25.8 Å². The quantitative estimate of drug-likeness (QED) is 0.689. The maximum atomic E-state index is 11.9. The Labute approximate surface area is 96.2 Å². The lowest BCUT2D eigenvalue weighted by Gasteiger charge is -2.23. The minimum Gasteiger partial charge on any atom is -0.379 e. The lowest BCUT2D eigenvalue weighted by Crippen LogP contribution is -2.55. The first-order chi connectivity index (χ1) is 7.71. The van der Waals surface area contributed by atoms with Gasteiger partial charge in [-0.1, -0.05) is 12.2 Å². The molecule has 1 saturated heterocycles. The molecule has 2 aliphatic rings. The van der Waals surface area contributed by atoms with E-state index < -0.39 is 5.54 Å². The van der Waals surface area contributed by atoms with Gasteiger partial charge in [0.2, 0.25) is 5.91 Å². The van der Waals surface area contributed by atoms with E-state index in [0.29, 0.717) is 25.6 Å². The molecule has 16 heavy (non-hydrogen) atoms. The van der Waals surface area contributed by atoms with Gasteiger partial charge in [0.15, 0.2) is 0 Å². The largest absolute Gasteiger partial charge is 0.379 e. The molecule has 1 fully saturated rings. The molecule has 4 nitrogen and oxygen atoms in total. The van der Waals surface area contributed by atoms with Gasteiger partial charge in [-0.25, -0.2) is 0 Å². The molecule has 90 valence electrons. The number of nitrogens with two attached hydrogens (primary N) is 1. The van der Waals surface area contributed by atoms with Gasteiger partial charge in [0.05, 0.1) is 6.61 Å². The summed E-state index contributed by atoms with van der Waals surface area (Å²) in [6, 6.07) is 0. The van der Waals surface area contributed by atoms with Crippen LogP contribution in [-0.2, 0) is 9.53 Å². The molecule has 3 N–H and O–H groups in total. The molecular weight excluding hydrogens is 204 g/mol. The van der Waals surface area contributed by atoms with Crippen LogP contribution in [0.2, 0.25) is 0 Å². The Bertz CT molecular complexity index is 283. The minimum atomic E-state index is -0.787. The Kier molecular flexibility index (Phi) is 3.61. The Morgan fingerprint density at radius 3 is 3.06 bits per heavy atom. The number of carbonyl (C=O) groups is 1. The SMILES string of the molecule is NC1(C(=O)NCC2CC=CCC2)CCOC1. The zero-order chi connectivity index (χ0) is 11.4. The van der Waals surface area contributed by atoms with Crippen molar-refractivity contribution < 1.29 is 9.53 Å². The second-order valence-corrected chi connectivity index (χ2v) is 4.82. The third-order valence-corrected chi connectivity index (χ3v) is 3.43. The molecule has 0 aromatic heterocycles. The van der Waals surface area contributed by atoms with Crippen molar-refractivity contribution in [1.82, 2.24) is 5.32 Å². The highest BCUT2D eigenvalue weighted by Crippen LogP contribution is 2.18. The summed E-state index contributed by atoms with van der Waals surface area (Å²) in [5, 5.41) is 2.96. The molecule has 1 aliphatic heterocycles. The fraction of sp³-hybridized carbons (Fsp3) is 0.750. The summed E-state index contributed by atoms with van der Waals surface area (Å²) < 4.78 is 5.18. The summed E-state index contributed by atoms with van der Waals surface area (Å²) in [6.07, 6.45) is 8.37. The summed E-state index contributed by atoms with van der Waals surface area (Å²) in [6.45, 7) is 1.68. The van der Waals surface area contributed by atoms with E-state index in [4.69, 9.17) is 10.5 Å². The number of ether oxygens (including phenoxy) is 1. The van der Waals surface area contributed by atoms with E-state index in [1.807, 2.05) is 0 Å². The number of carbonyl (C=O) groups excluding carboxylic acids is 1. The molecule has 0 bridgehead atoms. The lowest BCUT2D eigenvalue weighted by molar-refractivity contribution is -0.126. The van der Waals surface area contributed by atoms with E-state index in [9.17, 15) is 4.79 Å². The van der Waals surface area contributed by atoms with Gasteiger partial charge in [-0.3, -0.25) is 4.79 Å². The maximum absolute atomic E-state index is 11.9. The summed E-state index contributed by atoms with van der Waals surface area (Å²) in [5.41, 5.74) is 5.18. The number of hydrogen-bond donors (Lipinski definition) is 2. The average molecular weight is 224 g/mol. The van der Waals surface area contributed by atoms with Gasteiger partial charge in [-0.05, 0) is 31.6 Å². The van der Waals surface area contributed by atoms with E-state index in [2.05, 4.69) is 17.5 Å². The lowest BCUT2D eigenvalue weighted by atomic mass is 9.93. The van der Waals surface area contributed by atoms with Crippen molar-refractivity contribution in [1.29, 1.82) is 0 Å². The van der Waals surface area contributed by atoms with Crippen LogP contribution in [0.4, 0.5) is 0 Å². The molecule has 0 spiro atoms. The van der Waals surface area contributed by atoms with Crippen LogP contribution in [0.5, 0.6) is 0 Å². The van der Waals surface area contributed by atoms with Gasteiger partial charge in [-0.15, -0.1) is 0 Å². The molecule has 0 aromatic rings. The van der Waals surface area contributed by atoms with Gasteiger partial charge >= 0.3 is 0 Å². The second kappa shape index (κ2) is 4.97. The normalized spacial score (nSPS) is 33.9. The summed E-state index contributed by atoms with van der Waals surface area (Å²) in [7, 11) is 0. The first kappa shape index (κ1) is 11.6. The highest BCUT2D eigenvalue weighted by Gasteiger charge is 2.38. The first-order valence-electron chi connectivity index (χ1n) is 6.01. The smallest absolute Gasteiger partial charge is 0.242 e. The zero-order valence-corrected chi connectivity index (χ0v) is 9.58. The number of allylic oxidation sites excluding steroid dienone is 2. The van der Waals surface area contributed by atoms with E-state index >= 15 is 0 Å². The Morgan fingerprint density at radius 1 is 1.56 bits per heavy atom. The van der Waals surface area contributed by atoms with Crippen molar-refractivity contribution in [2.45, 2.75) is 31.2 Å².